The predicted octanol–water partition coefficient (Wildman–Crippen LogP) is 3.29. The van der Waals surface area contributed by atoms with E-state index in [-0.39, 0.29) is 11.5 Å². The van der Waals surface area contributed by atoms with Crippen LogP contribution in [0.25, 0.3) is 0 Å². The van der Waals surface area contributed by atoms with Crippen molar-refractivity contribution in [2.75, 3.05) is 0 Å². The summed E-state index contributed by atoms with van der Waals surface area (Å²) in [4.78, 5) is 4.99. The van der Waals surface area contributed by atoms with Crippen LogP contribution in [0.1, 0.15) is 30.0 Å². The molecule has 0 spiro atoms. The largest absolute Gasteiger partial charge is 0.389 e. The lowest BCUT2D eigenvalue weighted by molar-refractivity contribution is 0.0123. The fourth-order valence-electron chi connectivity index (χ4n) is 1.76. The van der Waals surface area contributed by atoms with Gasteiger partial charge < -0.3 is 4.84 Å². The Kier molecular flexibility index (Phi) is 3.90. The van der Waals surface area contributed by atoms with Crippen molar-refractivity contribution >= 4 is 30.8 Å². The quantitative estimate of drug-likeness (QED) is 0.753. The van der Waals surface area contributed by atoms with Crippen molar-refractivity contribution < 1.29 is 22.0 Å². The molecule has 0 bridgehead atoms. The third-order valence-corrected chi connectivity index (χ3v) is 6.39. The van der Waals surface area contributed by atoms with Crippen molar-refractivity contribution in [3.8, 4) is 0 Å². The van der Waals surface area contributed by atoms with Crippen molar-refractivity contribution in [3.05, 3.63) is 35.4 Å². The zero-order chi connectivity index (χ0) is 15.1. The molecular formula is C12H12BrF2NO3S. The minimum atomic E-state index is -4.05. The molecule has 0 aliphatic carbocycles. The van der Waals surface area contributed by atoms with E-state index in [1.54, 1.807) is 13.8 Å². The zero-order valence-electron chi connectivity index (χ0n) is 10.7. The normalized spacial score (nSPS) is 19.4. The number of alkyl halides is 1. The first kappa shape index (κ1) is 15.4. The molecule has 0 amide bonds. The van der Waals surface area contributed by atoms with Crippen LogP contribution < -0.4 is 0 Å². The summed E-state index contributed by atoms with van der Waals surface area (Å²) in [6.45, 7) is 3.35. The number of halogens is 3. The molecule has 4 nitrogen and oxygen atoms in total. The summed E-state index contributed by atoms with van der Waals surface area (Å²) < 4.78 is 50.4. The van der Waals surface area contributed by atoms with E-state index in [1.165, 1.54) is 6.07 Å². The van der Waals surface area contributed by atoms with E-state index in [1.807, 2.05) is 0 Å². The lowest BCUT2D eigenvalue weighted by atomic mass is 10.1. The summed E-state index contributed by atoms with van der Waals surface area (Å²) in [5, 5.41) is 3.29. The number of oxime groups is 1. The van der Waals surface area contributed by atoms with Crippen molar-refractivity contribution in [1.29, 1.82) is 0 Å². The van der Waals surface area contributed by atoms with Crippen molar-refractivity contribution in [2.24, 2.45) is 5.16 Å². The van der Waals surface area contributed by atoms with Gasteiger partial charge in [0.2, 0.25) is 9.84 Å². The second kappa shape index (κ2) is 5.07. The molecule has 0 aromatic heterocycles. The minimum absolute atomic E-state index is 0.0491. The molecule has 1 aromatic rings. The maximum Gasteiger partial charge on any atom is 0.212 e. The Labute approximate surface area is 123 Å². The van der Waals surface area contributed by atoms with Crippen LogP contribution in [-0.2, 0) is 14.7 Å². The first-order chi connectivity index (χ1) is 9.15. The number of hydrogen-bond acceptors (Lipinski definition) is 4. The van der Waals surface area contributed by atoms with Crippen LogP contribution in [0.2, 0.25) is 0 Å². The summed E-state index contributed by atoms with van der Waals surface area (Å²) in [5.41, 5.74) is -1.30. The fourth-order valence-corrected chi connectivity index (χ4v) is 4.31. The van der Waals surface area contributed by atoms with Crippen LogP contribution in [0.15, 0.2) is 23.4 Å². The summed E-state index contributed by atoms with van der Waals surface area (Å²) in [7, 11) is -4.05. The van der Waals surface area contributed by atoms with Gasteiger partial charge in [0.1, 0.15) is 17.2 Å². The van der Waals surface area contributed by atoms with E-state index in [0.717, 1.165) is 12.1 Å². The van der Waals surface area contributed by atoms with Gasteiger partial charge in [0.05, 0.1) is 5.56 Å². The molecule has 1 atom stereocenters. The van der Waals surface area contributed by atoms with Gasteiger partial charge in [-0.1, -0.05) is 27.2 Å². The average molecular weight is 368 g/mol. The van der Waals surface area contributed by atoms with Gasteiger partial charge in [0.15, 0.2) is 9.20 Å². The van der Waals surface area contributed by atoms with Crippen LogP contribution in [0.4, 0.5) is 8.78 Å². The van der Waals surface area contributed by atoms with E-state index < -0.39 is 36.8 Å². The highest BCUT2D eigenvalue weighted by Crippen LogP contribution is 2.37. The van der Waals surface area contributed by atoms with Crippen LogP contribution >= 0.6 is 15.9 Å². The number of sulfone groups is 1. The Hall–Kier alpha value is -1.02. The second-order valence-electron chi connectivity index (χ2n) is 5.01. The summed E-state index contributed by atoms with van der Waals surface area (Å²) in [6, 6.07) is 3.16. The topological polar surface area (TPSA) is 55.7 Å². The van der Waals surface area contributed by atoms with E-state index in [2.05, 4.69) is 21.1 Å². The summed E-state index contributed by atoms with van der Waals surface area (Å²) in [6.07, 6.45) is 0.0491. The van der Waals surface area contributed by atoms with Crippen LogP contribution in [-0.4, -0.2) is 19.1 Å². The number of hydrogen-bond donors (Lipinski definition) is 0. The lowest BCUT2D eigenvalue weighted by Gasteiger charge is -2.15. The van der Waals surface area contributed by atoms with Gasteiger partial charge in [-0.3, -0.25) is 0 Å². The van der Waals surface area contributed by atoms with Gasteiger partial charge in [-0.2, -0.15) is 0 Å². The Morgan fingerprint density at radius 2 is 1.90 bits per heavy atom. The molecule has 0 saturated heterocycles. The molecular weight excluding hydrogens is 356 g/mol. The fraction of sp³-hybridized carbons (Fsp3) is 0.417. The molecule has 1 heterocycles. The first-order valence-electron chi connectivity index (χ1n) is 5.72. The molecule has 0 fully saturated rings. The number of benzene rings is 1. The molecule has 0 N–H and O–H groups in total. The Morgan fingerprint density at radius 3 is 2.35 bits per heavy atom. The molecule has 110 valence electrons. The highest BCUT2D eigenvalue weighted by molar-refractivity contribution is 9.11. The summed E-state index contributed by atoms with van der Waals surface area (Å²) >= 11 is 2.85. The van der Waals surface area contributed by atoms with E-state index in [4.69, 9.17) is 4.84 Å². The zero-order valence-corrected chi connectivity index (χ0v) is 13.1. The van der Waals surface area contributed by atoms with E-state index >= 15 is 0 Å². The van der Waals surface area contributed by atoms with Crippen molar-refractivity contribution in [2.45, 2.75) is 30.0 Å². The highest BCUT2D eigenvalue weighted by atomic mass is 79.9. The second-order valence-corrected chi connectivity index (χ2v) is 8.56. The SMILES string of the molecule is CC1(C)CC(S(=O)(=O)C(Br)c2c(F)cccc2F)=NO1. The summed E-state index contributed by atoms with van der Waals surface area (Å²) in [5.74, 6) is -1.87. The van der Waals surface area contributed by atoms with E-state index in [0.29, 0.717) is 0 Å². The molecule has 1 aliphatic rings. The maximum absolute atomic E-state index is 13.7. The van der Waals surface area contributed by atoms with Crippen molar-refractivity contribution in [1.82, 2.24) is 0 Å². The van der Waals surface area contributed by atoms with Gasteiger partial charge in [0, 0.05) is 6.42 Å². The molecule has 1 aliphatic heterocycles. The standard InChI is InChI=1S/C12H12BrF2NO3S/c1-12(2)6-9(16-19-12)20(17,18)11(13)10-7(14)4-3-5-8(10)15/h3-5,11H,6H2,1-2H3. The van der Waals surface area contributed by atoms with Crippen molar-refractivity contribution in [3.63, 3.8) is 0 Å². The predicted molar refractivity (Wildman–Crippen MR) is 74.2 cm³/mol. The maximum atomic E-state index is 13.7. The number of rotatable bonds is 2. The van der Waals surface area contributed by atoms with E-state index in [9.17, 15) is 17.2 Å². The highest BCUT2D eigenvalue weighted by Gasteiger charge is 2.41. The third kappa shape index (κ3) is 2.71. The smallest absolute Gasteiger partial charge is 0.212 e. The van der Waals surface area contributed by atoms with Gasteiger partial charge in [-0.05, 0) is 26.0 Å². The van der Waals surface area contributed by atoms with Gasteiger partial charge in [-0.15, -0.1) is 0 Å². The molecule has 20 heavy (non-hydrogen) atoms. The van der Waals surface area contributed by atoms with Crippen LogP contribution in [0.3, 0.4) is 0 Å². The van der Waals surface area contributed by atoms with Crippen LogP contribution in [0.5, 0.6) is 0 Å². The Bertz CT molecular complexity index is 653. The molecule has 2 rings (SSSR count). The average Bonchev–Trinajstić information content (AvgIpc) is 2.70. The van der Waals surface area contributed by atoms with Crippen LogP contribution in [0, 0.1) is 11.6 Å². The monoisotopic (exact) mass is 367 g/mol. The molecule has 1 aromatic carbocycles. The lowest BCUT2D eigenvalue weighted by Crippen LogP contribution is -2.25. The minimum Gasteiger partial charge on any atom is -0.389 e. The Balaban J connectivity index is 2.41. The molecule has 0 saturated carbocycles. The molecule has 0 radical (unpaired) electrons. The first-order valence-corrected chi connectivity index (χ1v) is 8.18. The van der Waals surface area contributed by atoms with Gasteiger partial charge >= 0.3 is 0 Å². The molecule has 1 unspecified atom stereocenters. The molecule has 8 heteroatoms. The Morgan fingerprint density at radius 1 is 1.35 bits per heavy atom. The van der Waals surface area contributed by atoms with Gasteiger partial charge in [-0.25, -0.2) is 17.2 Å². The third-order valence-electron chi connectivity index (χ3n) is 2.80. The number of nitrogens with zero attached hydrogens (tertiary/aromatic N) is 1. The van der Waals surface area contributed by atoms with Gasteiger partial charge in [0.25, 0.3) is 0 Å².